The monoisotopic (exact) mass is 231 g/mol. The van der Waals surface area contributed by atoms with Gasteiger partial charge in [-0.3, -0.25) is 9.69 Å². The van der Waals surface area contributed by atoms with E-state index in [0.717, 1.165) is 32.4 Å². The van der Waals surface area contributed by atoms with E-state index >= 15 is 0 Å². The Bertz CT molecular complexity index is 360. The average molecular weight is 231 g/mol. The molecule has 2 rings (SSSR count). The fraction of sp³-hybridized carbons (Fsp3) is 0.533. The van der Waals surface area contributed by atoms with Crippen molar-refractivity contribution in [2.75, 3.05) is 13.1 Å². The summed E-state index contributed by atoms with van der Waals surface area (Å²) in [6.07, 6.45) is 3.81. The summed E-state index contributed by atoms with van der Waals surface area (Å²) in [6, 6.07) is 11.1. The molecule has 1 unspecified atom stereocenters. The van der Waals surface area contributed by atoms with Crippen LogP contribution in [0.25, 0.3) is 0 Å². The number of Topliss-reactive ketones (excluding diaryl/α,β-unsaturated/α-hetero) is 1. The van der Waals surface area contributed by atoms with Crippen molar-refractivity contribution in [1.29, 1.82) is 0 Å². The number of hydrogen-bond donors (Lipinski definition) is 0. The lowest BCUT2D eigenvalue weighted by Crippen LogP contribution is -2.41. The van der Waals surface area contributed by atoms with Gasteiger partial charge in [-0.25, -0.2) is 0 Å². The van der Waals surface area contributed by atoms with Crippen LogP contribution in [0.2, 0.25) is 0 Å². The zero-order valence-electron chi connectivity index (χ0n) is 10.6. The van der Waals surface area contributed by atoms with Crippen molar-refractivity contribution in [2.24, 2.45) is 0 Å². The van der Waals surface area contributed by atoms with Crippen molar-refractivity contribution >= 4 is 5.78 Å². The molecule has 1 aliphatic heterocycles. The van der Waals surface area contributed by atoms with Gasteiger partial charge >= 0.3 is 0 Å². The van der Waals surface area contributed by atoms with E-state index < -0.39 is 0 Å². The number of rotatable bonds is 4. The molecule has 0 radical (unpaired) electrons. The molecule has 0 aliphatic carbocycles. The van der Waals surface area contributed by atoms with Crippen LogP contribution in [0.5, 0.6) is 0 Å². The molecule has 17 heavy (non-hydrogen) atoms. The van der Waals surface area contributed by atoms with E-state index in [-0.39, 0.29) is 0 Å². The maximum absolute atomic E-state index is 11.3. The molecule has 2 heteroatoms. The van der Waals surface area contributed by atoms with Gasteiger partial charge in [0, 0.05) is 25.4 Å². The third kappa shape index (κ3) is 3.67. The Balaban J connectivity index is 1.73. The van der Waals surface area contributed by atoms with Gasteiger partial charge in [-0.05, 0) is 31.9 Å². The van der Waals surface area contributed by atoms with E-state index in [4.69, 9.17) is 0 Å². The van der Waals surface area contributed by atoms with Crippen molar-refractivity contribution in [3.63, 3.8) is 0 Å². The fourth-order valence-corrected chi connectivity index (χ4v) is 2.51. The Kier molecular flexibility index (Phi) is 4.32. The summed E-state index contributed by atoms with van der Waals surface area (Å²) in [6.45, 7) is 4.23. The Labute approximate surface area is 104 Å². The third-order valence-electron chi connectivity index (χ3n) is 3.58. The molecule has 92 valence electrons. The van der Waals surface area contributed by atoms with Crippen LogP contribution < -0.4 is 0 Å². The van der Waals surface area contributed by atoms with Crippen LogP contribution in [0, 0.1) is 0 Å². The summed E-state index contributed by atoms with van der Waals surface area (Å²) in [5, 5.41) is 0. The third-order valence-corrected chi connectivity index (χ3v) is 3.58. The number of carbonyl (C=O) groups is 1. The largest absolute Gasteiger partial charge is 0.300 e. The van der Waals surface area contributed by atoms with Crippen LogP contribution in [0.15, 0.2) is 30.3 Å². The lowest BCUT2D eigenvalue weighted by Gasteiger charge is -2.32. The van der Waals surface area contributed by atoms with Crippen molar-refractivity contribution < 1.29 is 4.79 Å². The minimum absolute atomic E-state index is 0.428. The number of aryl methyl sites for hydroxylation is 1. The van der Waals surface area contributed by atoms with Crippen molar-refractivity contribution in [3.05, 3.63) is 35.9 Å². The predicted molar refractivity (Wildman–Crippen MR) is 70.0 cm³/mol. The maximum atomic E-state index is 11.3. The number of hydrogen-bond acceptors (Lipinski definition) is 2. The first kappa shape index (κ1) is 12.3. The second kappa shape index (κ2) is 5.97. The first-order valence-electron chi connectivity index (χ1n) is 6.55. The molecule has 0 spiro atoms. The molecule has 1 aromatic carbocycles. The van der Waals surface area contributed by atoms with E-state index in [1.54, 1.807) is 0 Å². The van der Waals surface area contributed by atoms with E-state index in [2.05, 4.69) is 42.2 Å². The number of ketones is 1. The molecule has 0 bridgehead atoms. The van der Waals surface area contributed by atoms with Gasteiger partial charge < -0.3 is 0 Å². The van der Waals surface area contributed by atoms with Gasteiger partial charge in [0.1, 0.15) is 5.78 Å². The van der Waals surface area contributed by atoms with Gasteiger partial charge in [0.15, 0.2) is 0 Å². The number of likely N-dealkylation sites (tertiary alicyclic amines) is 1. The normalized spacial score (nSPS) is 21.7. The Morgan fingerprint density at radius 3 is 2.76 bits per heavy atom. The maximum Gasteiger partial charge on any atom is 0.135 e. The molecular weight excluding hydrogens is 210 g/mol. The Morgan fingerprint density at radius 2 is 2.06 bits per heavy atom. The van der Waals surface area contributed by atoms with Crippen molar-refractivity contribution in [2.45, 2.75) is 38.6 Å². The highest BCUT2D eigenvalue weighted by Crippen LogP contribution is 2.14. The highest BCUT2D eigenvalue weighted by atomic mass is 16.1. The van der Waals surface area contributed by atoms with E-state index in [0.29, 0.717) is 11.8 Å². The van der Waals surface area contributed by atoms with Crippen LogP contribution in [0.3, 0.4) is 0 Å². The molecule has 2 nitrogen and oxygen atoms in total. The quantitative estimate of drug-likeness (QED) is 0.794. The molecule has 0 aromatic heterocycles. The topological polar surface area (TPSA) is 20.3 Å². The molecule has 1 aliphatic rings. The molecule has 1 heterocycles. The van der Waals surface area contributed by atoms with Gasteiger partial charge in [0.05, 0.1) is 0 Å². The molecular formula is C15H21NO. The average Bonchev–Trinajstić information content (AvgIpc) is 2.33. The minimum atomic E-state index is 0.428. The lowest BCUT2D eigenvalue weighted by atomic mass is 10.0. The molecule has 1 fully saturated rings. The van der Waals surface area contributed by atoms with Crippen LogP contribution in [0.4, 0.5) is 0 Å². The SMILES string of the molecule is CC1CC(=O)CCN1CCCc1ccccc1. The van der Waals surface area contributed by atoms with E-state index in [9.17, 15) is 4.79 Å². The lowest BCUT2D eigenvalue weighted by molar-refractivity contribution is -0.122. The van der Waals surface area contributed by atoms with Gasteiger partial charge in [-0.15, -0.1) is 0 Å². The van der Waals surface area contributed by atoms with Gasteiger partial charge in [-0.1, -0.05) is 30.3 Å². The molecule has 1 aromatic rings. The summed E-state index contributed by atoms with van der Waals surface area (Å²) in [4.78, 5) is 13.7. The summed E-state index contributed by atoms with van der Waals surface area (Å²) in [5.41, 5.74) is 1.41. The predicted octanol–water partition coefficient (Wildman–Crippen LogP) is 2.67. The summed E-state index contributed by atoms with van der Waals surface area (Å²) >= 11 is 0. The first-order valence-corrected chi connectivity index (χ1v) is 6.55. The molecule has 0 N–H and O–H groups in total. The number of carbonyl (C=O) groups excluding carboxylic acids is 1. The highest BCUT2D eigenvalue weighted by molar-refractivity contribution is 5.79. The zero-order chi connectivity index (χ0) is 12.1. The summed E-state index contributed by atoms with van der Waals surface area (Å²) < 4.78 is 0. The van der Waals surface area contributed by atoms with E-state index in [1.165, 1.54) is 12.0 Å². The van der Waals surface area contributed by atoms with Crippen LogP contribution >= 0.6 is 0 Å². The Hall–Kier alpha value is -1.15. The molecule has 1 saturated heterocycles. The standard InChI is InChI=1S/C15H21NO/c1-13-12-15(17)9-11-16(13)10-5-8-14-6-3-2-4-7-14/h2-4,6-7,13H,5,8-12H2,1H3. The first-order chi connectivity index (χ1) is 8.25. The van der Waals surface area contributed by atoms with Crippen LogP contribution in [-0.4, -0.2) is 29.8 Å². The van der Waals surface area contributed by atoms with E-state index in [1.807, 2.05) is 0 Å². The Morgan fingerprint density at radius 1 is 1.29 bits per heavy atom. The number of nitrogens with zero attached hydrogens (tertiary/aromatic N) is 1. The second-order valence-electron chi connectivity index (χ2n) is 4.97. The molecule has 1 atom stereocenters. The zero-order valence-corrected chi connectivity index (χ0v) is 10.6. The summed E-state index contributed by atoms with van der Waals surface area (Å²) in [5.74, 6) is 0.428. The van der Waals surface area contributed by atoms with Gasteiger partial charge in [0.2, 0.25) is 0 Å². The molecule has 0 saturated carbocycles. The number of benzene rings is 1. The minimum Gasteiger partial charge on any atom is -0.300 e. The summed E-state index contributed by atoms with van der Waals surface area (Å²) in [7, 11) is 0. The van der Waals surface area contributed by atoms with Gasteiger partial charge in [0.25, 0.3) is 0 Å². The fourth-order valence-electron chi connectivity index (χ4n) is 2.51. The molecule has 0 amide bonds. The van der Waals surface area contributed by atoms with Crippen molar-refractivity contribution in [3.8, 4) is 0 Å². The van der Waals surface area contributed by atoms with Crippen LogP contribution in [-0.2, 0) is 11.2 Å². The van der Waals surface area contributed by atoms with Crippen LogP contribution in [0.1, 0.15) is 31.7 Å². The highest BCUT2D eigenvalue weighted by Gasteiger charge is 2.22. The van der Waals surface area contributed by atoms with Gasteiger partial charge in [-0.2, -0.15) is 0 Å². The smallest absolute Gasteiger partial charge is 0.135 e. The number of piperidine rings is 1. The second-order valence-corrected chi connectivity index (χ2v) is 4.97. The van der Waals surface area contributed by atoms with Crippen molar-refractivity contribution in [1.82, 2.24) is 4.90 Å².